The van der Waals surface area contributed by atoms with Crippen molar-refractivity contribution in [3.05, 3.63) is 42.0 Å². The molecule has 0 aliphatic carbocycles. The fraction of sp³-hybridized carbons (Fsp3) is 0.412. The van der Waals surface area contributed by atoms with Gasteiger partial charge in [0.05, 0.1) is 12.3 Å². The Balaban J connectivity index is 1.76. The van der Waals surface area contributed by atoms with Crippen LogP contribution in [-0.4, -0.2) is 51.0 Å². The van der Waals surface area contributed by atoms with Crippen LogP contribution in [0.15, 0.2) is 30.9 Å². The van der Waals surface area contributed by atoms with Crippen LogP contribution in [0.2, 0.25) is 0 Å². The second-order valence-corrected chi connectivity index (χ2v) is 6.11. The highest BCUT2D eigenvalue weighted by Gasteiger charge is 2.31. The molecule has 25 heavy (non-hydrogen) atoms. The van der Waals surface area contributed by atoms with Crippen LogP contribution in [0.25, 0.3) is 5.69 Å². The van der Waals surface area contributed by atoms with E-state index in [1.165, 1.54) is 6.33 Å². The average molecular weight is 344 g/mol. The highest BCUT2D eigenvalue weighted by atomic mass is 16.5. The third kappa shape index (κ3) is 3.85. The summed E-state index contributed by atoms with van der Waals surface area (Å²) in [5.74, 6) is -1.66. The maximum Gasteiger partial charge on any atom is 0.326 e. The molecule has 1 saturated heterocycles. The molecule has 1 aliphatic rings. The Kier molecular flexibility index (Phi) is 5.08. The number of rotatable bonds is 5. The molecule has 1 aromatic heterocycles. The van der Waals surface area contributed by atoms with E-state index in [0.717, 1.165) is 24.1 Å². The lowest BCUT2D eigenvalue weighted by molar-refractivity contribution is -0.142. The Morgan fingerprint density at radius 2 is 2.28 bits per heavy atom. The molecule has 8 nitrogen and oxygen atoms in total. The fourth-order valence-electron chi connectivity index (χ4n) is 3.02. The topological polar surface area (TPSA) is 106 Å². The van der Waals surface area contributed by atoms with Crippen LogP contribution < -0.4 is 5.32 Å². The number of hydrogen-bond donors (Lipinski definition) is 2. The number of aliphatic carboxylic acids is 1. The van der Waals surface area contributed by atoms with Crippen LogP contribution in [0.4, 0.5) is 0 Å². The van der Waals surface area contributed by atoms with Crippen molar-refractivity contribution in [1.82, 2.24) is 20.1 Å². The van der Waals surface area contributed by atoms with Gasteiger partial charge in [-0.2, -0.15) is 5.10 Å². The average Bonchev–Trinajstić information content (AvgIpc) is 3.14. The van der Waals surface area contributed by atoms with Gasteiger partial charge in [-0.25, -0.2) is 14.5 Å². The first-order valence-corrected chi connectivity index (χ1v) is 8.13. The highest BCUT2D eigenvalue weighted by molar-refractivity contribution is 5.98. The Morgan fingerprint density at radius 1 is 1.44 bits per heavy atom. The van der Waals surface area contributed by atoms with Crippen LogP contribution in [0.5, 0.6) is 0 Å². The summed E-state index contributed by atoms with van der Waals surface area (Å²) in [5.41, 5.74) is 1.95. The van der Waals surface area contributed by atoms with Gasteiger partial charge in [0, 0.05) is 18.1 Å². The zero-order valence-electron chi connectivity index (χ0n) is 13.9. The first-order valence-electron chi connectivity index (χ1n) is 8.13. The maximum atomic E-state index is 12.6. The summed E-state index contributed by atoms with van der Waals surface area (Å²) in [7, 11) is 0. The van der Waals surface area contributed by atoms with Gasteiger partial charge in [0.25, 0.3) is 5.91 Å². The van der Waals surface area contributed by atoms with E-state index in [1.807, 2.05) is 6.07 Å². The standard InChI is InChI=1S/C17H20N4O4/c1-11-7-13(21-10-18-9-19-21)4-5-14(11)16(22)20-15(17(23)24)12-3-2-6-25-8-12/h4-5,7,9-10,12,15H,2-3,6,8H2,1H3,(H,20,22)(H,23,24). The van der Waals surface area contributed by atoms with Crippen molar-refractivity contribution in [3.63, 3.8) is 0 Å². The summed E-state index contributed by atoms with van der Waals surface area (Å²) >= 11 is 0. The molecular weight excluding hydrogens is 324 g/mol. The number of ether oxygens (including phenoxy) is 1. The first-order chi connectivity index (χ1) is 12.1. The van der Waals surface area contributed by atoms with Crippen LogP contribution in [-0.2, 0) is 9.53 Å². The molecule has 0 spiro atoms. The number of carboxylic acid groups (broad SMARTS) is 1. The molecule has 0 saturated carbocycles. The van der Waals surface area contributed by atoms with Gasteiger partial charge in [-0.1, -0.05) is 0 Å². The van der Waals surface area contributed by atoms with E-state index in [1.54, 1.807) is 30.1 Å². The van der Waals surface area contributed by atoms with Crippen molar-refractivity contribution < 1.29 is 19.4 Å². The molecule has 1 fully saturated rings. The molecule has 0 bridgehead atoms. The molecular formula is C17H20N4O4. The van der Waals surface area contributed by atoms with Crippen molar-refractivity contribution in [2.75, 3.05) is 13.2 Å². The quantitative estimate of drug-likeness (QED) is 0.844. The molecule has 3 rings (SSSR count). The number of aromatic nitrogens is 3. The predicted molar refractivity (Wildman–Crippen MR) is 88.5 cm³/mol. The summed E-state index contributed by atoms with van der Waals surface area (Å²) in [5, 5.41) is 16.2. The molecule has 132 valence electrons. The van der Waals surface area contributed by atoms with E-state index >= 15 is 0 Å². The van der Waals surface area contributed by atoms with Gasteiger partial charge in [0.15, 0.2) is 0 Å². The molecule has 1 amide bonds. The van der Waals surface area contributed by atoms with Crippen LogP contribution in [0.1, 0.15) is 28.8 Å². The minimum Gasteiger partial charge on any atom is -0.480 e. The molecule has 2 N–H and O–H groups in total. The summed E-state index contributed by atoms with van der Waals surface area (Å²) in [4.78, 5) is 28.0. The van der Waals surface area contributed by atoms with Crippen molar-refractivity contribution >= 4 is 11.9 Å². The second-order valence-electron chi connectivity index (χ2n) is 6.11. The molecule has 8 heteroatoms. The lowest BCUT2D eigenvalue weighted by Crippen LogP contribution is -2.48. The largest absolute Gasteiger partial charge is 0.480 e. The third-order valence-corrected chi connectivity index (χ3v) is 4.36. The Hall–Kier alpha value is -2.74. The molecule has 0 radical (unpaired) electrons. The molecule has 2 heterocycles. The zero-order valence-corrected chi connectivity index (χ0v) is 13.9. The predicted octanol–water partition coefficient (Wildman–Crippen LogP) is 1.19. The van der Waals surface area contributed by atoms with Gasteiger partial charge in [-0.3, -0.25) is 4.79 Å². The number of aryl methyl sites for hydroxylation is 1. The van der Waals surface area contributed by atoms with Crippen LogP contribution in [0.3, 0.4) is 0 Å². The number of carbonyl (C=O) groups is 2. The van der Waals surface area contributed by atoms with Gasteiger partial charge < -0.3 is 15.2 Å². The minimum atomic E-state index is -1.04. The third-order valence-electron chi connectivity index (χ3n) is 4.36. The molecule has 1 aromatic carbocycles. The summed E-state index contributed by atoms with van der Waals surface area (Å²) in [6.45, 7) is 2.79. The van der Waals surface area contributed by atoms with E-state index in [9.17, 15) is 14.7 Å². The van der Waals surface area contributed by atoms with Crippen LogP contribution >= 0.6 is 0 Å². The Bertz CT molecular complexity index is 754. The summed E-state index contributed by atoms with van der Waals surface area (Å²) < 4.78 is 6.94. The normalized spacial score (nSPS) is 18.5. The number of amides is 1. The van der Waals surface area contributed by atoms with Crippen LogP contribution in [0, 0.1) is 12.8 Å². The van der Waals surface area contributed by atoms with Gasteiger partial charge in [-0.15, -0.1) is 0 Å². The number of carboxylic acids is 1. The smallest absolute Gasteiger partial charge is 0.326 e. The highest BCUT2D eigenvalue weighted by Crippen LogP contribution is 2.19. The van der Waals surface area contributed by atoms with E-state index in [4.69, 9.17) is 4.74 Å². The molecule has 2 aromatic rings. The van der Waals surface area contributed by atoms with E-state index in [-0.39, 0.29) is 5.92 Å². The minimum absolute atomic E-state index is 0.218. The molecule has 1 aliphatic heterocycles. The van der Waals surface area contributed by atoms with Crippen molar-refractivity contribution in [2.24, 2.45) is 5.92 Å². The molecule has 2 atom stereocenters. The zero-order chi connectivity index (χ0) is 17.8. The fourth-order valence-corrected chi connectivity index (χ4v) is 3.02. The van der Waals surface area contributed by atoms with E-state index in [0.29, 0.717) is 18.8 Å². The number of hydrogen-bond acceptors (Lipinski definition) is 5. The number of carbonyl (C=O) groups excluding carboxylic acids is 1. The van der Waals surface area contributed by atoms with Crippen molar-refractivity contribution in [1.29, 1.82) is 0 Å². The SMILES string of the molecule is Cc1cc(-n2cncn2)ccc1C(=O)NC(C(=O)O)C1CCCOC1. The number of nitrogens with one attached hydrogen (secondary N) is 1. The van der Waals surface area contributed by atoms with E-state index in [2.05, 4.69) is 15.4 Å². The lowest BCUT2D eigenvalue weighted by Gasteiger charge is -2.28. The van der Waals surface area contributed by atoms with Gasteiger partial charge in [0.1, 0.15) is 18.7 Å². The first kappa shape index (κ1) is 17.1. The Morgan fingerprint density at radius 3 is 2.88 bits per heavy atom. The van der Waals surface area contributed by atoms with Gasteiger partial charge in [0.2, 0.25) is 0 Å². The van der Waals surface area contributed by atoms with Gasteiger partial charge >= 0.3 is 5.97 Å². The van der Waals surface area contributed by atoms with Crippen molar-refractivity contribution in [2.45, 2.75) is 25.8 Å². The number of benzene rings is 1. The second kappa shape index (κ2) is 7.43. The van der Waals surface area contributed by atoms with Crippen molar-refractivity contribution in [3.8, 4) is 5.69 Å². The summed E-state index contributed by atoms with van der Waals surface area (Å²) in [6, 6.07) is 4.26. The monoisotopic (exact) mass is 344 g/mol. The molecule has 2 unspecified atom stereocenters. The summed E-state index contributed by atoms with van der Waals surface area (Å²) in [6.07, 6.45) is 4.52. The number of nitrogens with zero attached hydrogens (tertiary/aromatic N) is 3. The van der Waals surface area contributed by atoms with E-state index < -0.39 is 17.9 Å². The Labute approximate surface area is 144 Å². The van der Waals surface area contributed by atoms with Gasteiger partial charge in [-0.05, 0) is 43.5 Å². The lowest BCUT2D eigenvalue weighted by atomic mass is 9.93. The maximum absolute atomic E-state index is 12.6.